The van der Waals surface area contributed by atoms with Crippen molar-refractivity contribution in [3.05, 3.63) is 21.3 Å². The van der Waals surface area contributed by atoms with Crippen LogP contribution in [-0.4, -0.2) is 12.7 Å². The lowest BCUT2D eigenvalue weighted by molar-refractivity contribution is -0.0264. The van der Waals surface area contributed by atoms with Crippen LogP contribution in [-0.2, 0) is 4.74 Å². The fraction of sp³-hybridized carbons (Fsp3) is 0.667. The van der Waals surface area contributed by atoms with Crippen molar-refractivity contribution >= 4 is 38.9 Å². The van der Waals surface area contributed by atoms with Crippen molar-refractivity contribution in [3.8, 4) is 0 Å². The largest absolute Gasteiger partial charge is 0.378 e. The Morgan fingerprint density at radius 2 is 2.31 bits per heavy atom. The van der Waals surface area contributed by atoms with Gasteiger partial charge in [-0.2, -0.15) is 0 Å². The standard InChI is InChI=1S/C12H16BrClOS/c1-2-15-9-5-8(6-9)7-10(13)11-3-4-12(14)16-11/h3-4,8-10H,2,5-7H2,1H3. The molecule has 1 fully saturated rings. The Labute approximate surface area is 114 Å². The Morgan fingerprint density at radius 1 is 1.56 bits per heavy atom. The first-order valence-electron chi connectivity index (χ1n) is 5.70. The molecule has 0 amide bonds. The lowest BCUT2D eigenvalue weighted by Crippen LogP contribution is -2.31. The number of hydrogen-bond acceptors (Lipinski definition) is 2. The van der Waals surface area contributed by atoms with Crippen molar-refractivity contribution in [1.29, 1.82) is 0 Å². The average molecular weight is 324 g/mol. The predicted molar refractivity (Wildman–Crippen MR) is 73.8 cm³/mol. The molecule has 1 nitrogen and oxygen atoms in total. The molecular weight excluding hydrogens is 308 g/mol. The van der Waals surface area contributed by atoms with Crippen molar-refractivity contribution in [2.75, 3.05) is 6.61 Å². The summed E-state index contributed by atoms with van der Waals surface area (Å²) < 4.78 is 6.44. The zero-order valence-electron chi connectivity index (χ0n) is 9.29. The van der Waals surface area contributed by atoms with Crippen LogP contribution < -0.4 is 0 Å². The molecule has 1 unspecified atom stereocenters. The monoisotopic (exact) mass is 322 g/mol. The normalized spacial score (nSPS) is 26.4. The second kappa shape index (κ2) is 5.85. The molecule has 0 aliphatic heterocycles. The molecule has 1 saturated carbocycles. The Balaban J connectivity index is 1.75. The highest BCUT2D eigenvalue weighted by Crippen LogP contribution is 2.42. The van der Waals surface area contributed by atoms with E-state index < -0.39 is 0 Å². The molecule has 1 aromatic rings. The Morgan fingerprint density at radius 3 is 2.88 bits per heavy atom. The van der Waals surface area contributed by atoms with Gasteiger partial charge in [-0.3, -0.25) is 0 Å². The van der Waals surface area contributed by atoms with Crippen LogP contribution in [0.1, 0.15) is 35.9 Å². The molecular formula is C12H16BrClOS. The van der Waals surface area contributed by atoms with E-state index in [4.69, 9.17) is 16.3 Å². The Hall–Kier alpha value is 0.430. The third kappa shape index (κ3) is 3.22. The molecule has 2 rings (SSSR count). The van der Waals surface area contributed by atoms with Gasteiger partial charge < -0.3 is 4.74 Å². The van der Waals surface area contributed by atoms with Crippen LogP contribution in [0.15, 0.2) is 12.1 Å². The molecule has 90 valence electrons. The third-order valence-corrected chi connectivity index (χ3v) is 5.55. The smallest absolute Gasteiger partial charge is 0.0931 e. The maximum atomic E-state index is 5.93. The summed E-state index contributed by atoms with van der Waals surface area (Å²) in [6, 6.07) is 4.09. The minimum Gasteiger partial charge on any atom is -0.378 e. The molecule has 0 radical (unpaired) electrons. The summed E-state index contributed by atoms with van der Waals surface area (Å²) in [5.74, 6) is 0.807. The second-order valence-electron chi connectivity index (χ2n) is 4.26. The van der Waals surface area contributed by atoms with Gasteiger partial charge in [0.15, 0.2) is 0 Å². The van der Waals surface area contributed by atoms with Crippen LogP contribution in [0.3, 0.4) is 0 Å². The highest BCUT2D eigenvalue weighted by atomic mass is 79.9. The molecule has 0 saturated heterocycles. The zero-order valence-corrected chi connectivity index (χ0v) is 12.4. The summed E-state index contributed by atoms with van der Waals surface area (Å²) in [5, 5.41) is 0. The van der Waals surface area contributed by atoms with Gasteiger partial charge in [0.25, 0.3) is 0 Å². The number of thiophene rings is 1. The average Bonchev–Trinajstić information content (AvgIpc) is 2.61. The molecule has 1 aromatic heterocycles. The fourth-order valence-corrected chi connectivity index (χ4v) is 4.16. The molecule has 16 heavy (non-hydrogen) atoms. The van der Waals surface area contributed by atoms with E-state index in [2.05, 4.69) is 28.9 Å². The van der Waals surface area contributed by atoms with Crippen LogP contribution in [0.4, 0.5) is 0 Å². The highest BCUT2D eigenvalue weighted by Gasteiger charge is 2.31. The van der Waals surface area contributed by atoms with Crippen molar-refractivity contribution in [3.63, 3.8) is 0 Å². The molecule has 0 N–H and O–H groups in total. The van der Waals surface area contributed by atoms with Crippen molar-refractivity contribution in [2.45, 2.75) is 37.1 Å². The van der Waals surface area contributed by atoms with Gasteiger partial charge in [-0.05, 0) is 44.2 Å². The first-order chi connectivity index (χ1) is 7.69. The molecule has 0 spiro atoms. The third-order valence-electron chi connectivity index (χ3n) is 3.04. The number of halogens is 2. The lowest BCUT2D eigenvalue weighted by Gasteiger charge is -2.35. The van der Waals surface area contributed by atoms with Crippen molar-refractivity contribution < 1.29 is 4.74 Å². The number of hydrogen-bond donors (Lipinski definition) is 0. The van der Waals surface area contributed by atoms with Gasteiger partial charge in [0.2, 0.25) is 0 Å². The molecule has 1 heterocycles. The van der Waals surface area contributed by atoms with Crippen molar-refractivity contribution in [2.24, 2.45) is 5.92 Å². The van der Waals surface area contributed by atoms with E-state index in [-0.39, 0.29) is 0 Å². The summed E-state index contributed by atoms with van der Waals surface area (Å²) in [7, 11) is 0. The minimum atomic E-state index is 0.456. The quantitative estimate of drug-likeness (QED) is 0.690. The lowest BCUT2D eigenvalue weighted by atomic mass is 9.79. The van der Waals surface area contributed by atoms with Crippen LogP contribution in [0.25, 0.3) is 0 Å². The molecule has 1 aliphatic rings. The van der Waals surface area contributed by atoms with E-state index >= 15 is 0 Å². The SMILES string of the molecule is CCOC1CC(CC(Br)c2ccc(Cl)s2)C1. The molecule has 0 aromatic carbocycles. The molecule has 1 atom stereocenters. The van der Waals surface area contributed by atoms with E-state index in [1.165, 1.54) is 24.1 Å². The van der Waals surface area contributed by atoms with Gasteiger partial charge in [-0.25, -0.2) is 0 Å². The topological polar surface area (TPSA) is 9.23 Å². The van der Waals surface area contributed by atoms with Gasteiger partial charge in [0.1, 0.15) is 0 Å². The fourth-order valence-electron chi connectivity index (χ4n) is 2.14. The van der Waals surface area contributed by atoms with Crippen LogP contribution >= 0.6 is 38.9 Å². The summed E-state index contributed by atoms with van der Waals surface area (Å²) in [4.78, 5) is 1.79. The minimum absolute atomic E-state index is 0.456. The maximum absolute atomic E-state index is 5.93. The van der Waals surface area contributed by atoms with Gasteiger partial charge in [0, 0.05) is 16.3 Å². The first kappa shape index (κ1) is 12.9. The zero-order chi connectivity index (χ0) is 11.5. The Bertz CT molecular complexity index is 336. The van der Waals surface area contributed by atoms with E-state index in [1.807, 2.05) is 6.07 Å². The van der Waals surface area contributed by atoms with E-state index in [1.54, 1.807) is 11.3 Å². The number of rotatable bonds is 5. The molecule has 0 bridgehead atoms. The van der Waals surface area contributed by atoms with Crippen LogP contribution in [0.2, 0.25) is 4.34 Å². The summed E-state index contributed by atoms with van der Waals surface area (Å²) in [5.41, 5.74) is 0. The Kier molecular flexibility index (Phi) is 4.71. The summed E-state index contributed by atoms with van der Waals surface area (Å²) in [6.07, 6.45) is 4.14. The van der Waals surface area contributed by atoms with Crippen molar-refractivity contribution in [1.82, 2.24) is 0 Å². The summed E-state index contributed by atoms with van der Waals surface area (Å²) in [6.45, 7) is 2.91. The number of ether oxygens (including phenoxy) is 1. The molecule has 4 heteroatoms. The summed E-state index contributed by atoms with van der Waals surface area (Å²) >= 11 is 11.3. The predicted octanol–water partition coefficient (Wildman–Crippen LogP) is 5.04. The highest BCUT2D eigenvalue weighted by molar-refractivity contribution is 9.09. The van der Waals surface area contributed by atoms with Gasteiger partial charge in [-0.15, -0.1) is 11.3 Å². The number of alkyl halides is 1. The van der Waals surface area contributed by atoms with E-state index in [0.29, 0.717) is 10.9 Å². The first-order valence-corrected chi connectivity index (χ1v) is 7.81. The van der Waals surface area contributed by atoms with Gasteiger partial charge in [-0.1, -0.05) is 27.5 Å². The molecule has 1 aliphatic carbocycles. The second-order valence-corrected chi connectivity index (χ2v) is 7.11. The van der Waals surface area contributed by atoms with E-state index in [0.717, 1.165) is 16.9 Å². The van der Waals surface area contributed by atoms with Crippen LogP contribution in [0, 0.1) is 5.92 Å². The van der Waals surface area contributed by atoms with Gasteiger partial charge in [0.05, 0.1) is 10.4 Å². The van der Waals surface area contributed by atoms with Crippen LogP contribution in [0.5, 0.6) is 0 Å². The van der Waals surface area contributed by atoms with E-state index in [9.17, 15) is 0 Å². The van der Waals surface area contributed by atoms with Gasteiger partial charge >= 0.3 is 0 Å². The maximum Gasteiger partial charge on any atom is 0.0931 e.